The molecule has 0 saturated carbocycles. The molecule has 3 aromatic rings. The van der Waals surface area contributed by atoms with Crippen molar-refractivity contribution in [1.82, 2.24) is 25.5 Å². The minimum absolute atomic E-state index is 0.0441. The van der Waals surface area contributed by atoms with Crippen LogP contribution in [0.3, 0.4) is 0 Å². The molecule has 7 nitrogen and oxygen atoms in total. The Bertz CT molecular complexity index is 828. The first kappa shape index (κ1) is 16.6. The molecule has 3 N–H and O–H groups in total. The molecule has 2 heterocycles. The molecule has 3 rings (SSSR count). The van der Waals surface area contributed by atoms with E-state index in [-0.39, 0.29) is 11.9 Å². The second-order valence-corrected chi connectivity index (χ2v) is 5.91. The molecule has 0 spiro atoms. The zero-order valence-electron chi connectivity index (χ0n) is 14.2. The molecule has 0 unspecified atom stereocenters. The van der Waals surface area contributed by atoms with Crippen LogP contribution in [0.5, 0.6) is 0 Å². The zero-order chi connectivity index (χ0) is 17.6. The first-order valence-corrected chi connectivity index (χ1v) is 8.06. The smallest absolute Gasteiger partial charge is 0.254 e. The number of aromatic nitrogens is 4. The van der Waals surface area contributed by atoms with Crippen molar-refractivity contribution in [2.24, 2.45) is 0 Å². The Hall–Kier alpha value is -3.22. The summed E-state index contributed by atoms with van der Waals surface area (Å²) in [6.07, 6.45) is 3.68. The molecule has 1 amide bonds. The summed E-state index contributed by atoms with van der Waals surface area (Å²) in [6, 6.07) is 11.5. The summed E-state index contributed by atoms with van der Waals surface area (Å²) >= 11 is 0. The van der Waals surface area contributed by atoms with Gasteiger partial charge in [-0.2, -0.15) is 5.10 Å². The number of para-hydroxylation sites is 1. The number of carbonyl (C=O) groups is 1. The largest absolute Gasteiger partial charge is 0.349 e. The molecule has 25 heavy (non-hydrogen) atoms. The Labute approximate surface area is 145 Å². The normalized spacial score (nSPS) is 11.8. The van der Waals surface area contributed by atoms with Crippen molar-refractivity contribution in [2.45, 2.75) is 26.3 Å². The van der Waals surface area contributed by atoms with E-state index in [2.05, 4.69) is 30.8 Å². The summed E-state index contributed by atoms with van der Waals surface area (Å²) in [5.74, 6) is 0.244. The number of anilines is 2. The van der Waals surface area contributed by atoms with Crippen molar-refractivity contribution in [2.75, 3.05) is 5.32 Å². The molecule has 2 aromatic heterocycles. The zero-order valence-corrected chi connectivity index (χ0v) is 14.2. The SMILES string of the molecule is Cc1cc(C[C@H](C)NC(=O)c2cnc(Nc3ccccc3)nc2)n[nH]1. The van der Waals surface area contributed by atoms with Crippen molar-refractivity contribution in [3.05, 3.63) is 65.7 Å². The van der Waals surface area contributed by atoms with Gasteiger partial charge in [0.05, 0.1) is 11.3 Å². The van der Waals surface area contributed by atoms with E-state index in [1.54, 1.807) is 0 Å². The number of benzene rings is 1. The number of H-pyrrole nitrogens is 1. The Kier molecular flexibility index (Phi) is 5.03. The fourth-order valence-electron chi connectivity index (χ4n) is 2.41. The summed E-state index contributed by atoms with van der Waals surface area (Å²) in [4.78, 5) is 20.7. The molecule has 0 aliphatic rings. The van der Waals surface area contributed by atoms with Crippen LogP contribution in [0.15, 0.2) is 48.8 Å². The van der Waals surface area contributed by atoms with Gasteiger partial charge < -0.3 is 10.6 Å². The Morgan fingerprint density at radius 1 is 1.20 bits per heavy atom. The quantitative estimate of drug-likeness (QED) is 0.643. The highest BCUT2D eigenvalue weighted by atomic mass is 16.1. The molecular weight excluding hydrogens is 316 g/mol. The van der Waals surface area contributed by atoms with E-state index in [1.165, 1.54) is 12.4 Å². The molecule has 1 atom stereocenters. The number of carbonyl (C=O) groups excluding carboxylic acids is 1. The molecule has 0 radical (unpaired) electrons. The fourth-order valence-corrected chi connectivity index (χ4v) is 2.41. The van der Waals surface area contributed by atoms with Gasteiger partial charge in [0.1, 0.15) is 0 Å². The van der Waals surface area contributed by atoms with Crippen molar-refractivity contribution >= 4 is 17.5 Å². The molecule has 128 valence electrons. The molecule has 0 saturated heterocycles. The van der Waals surface area contributed by atoms with Gasteiger partial charge in [-0.05, 0) is 32.0 Å². The van der Waals surface area contributed by atoms with Gasteiger partial charge in [-0.1, -0.05) is 18.2 Å². The maximum absolute atomic E-state index is 12.3. The lowest BCUT2D eigenvalue weighted by molar-refractivity contribution is 0.0939. The van der Waals surface area contributed by atoms with E-state index in [4.69, 9.17) is 0 Å². The maximum Gasteiger partial charge on any atom is 0.254 e. The number of hydrogen-bond acceptors (Lipinski definition) is 5. The third kappa shape index (κ3) is 4.63. The molecule has 1 aromatic carbocycles. The van der Waals surface area contributed by atoms with Crippen LogP contribution < -0.4 is 10.6 Å². The monoisotopic (exact) mass is 336 g/mol. The lowest BCUT2D eigenvalue weighted by atomic mass is 10.1. The third-order valence-corrected chi connectivity index (χ3v) is 3.60. The van der Waals surface area contributed by atoms with Gasteiger partial charge >= 0.3 is 0 Å². The number of amides is 1. The topological polar surface area (TPSA) is 95.6 Å². The number of aryl methyl sites for hydroxylation is 1. The van der Waals surface area contributed by atoms with Crippen molar-refractivity contribution in [3.8, 4) is 0 Å². The number of hydrogen-bond donors (Lipinski definition) is 3. The molecule has 7 heteroatoms. The van der Waals surface area contributed by atoms with Gasteiger partial charge in [-0.3, -0.25) is 9.89 Å². The first-order chi connectivity index (χ1) is 12.1. The Balaban J connectivity index is 1.56. The first-order valence-electron chi connectivity index (χ1n) is 8.06. The molecule has 0 aliphatic heterocycles. The van der Waals surface area contributed by atoms with Crippen LogP contribution in [0.1, 0.15) is 28.7 Å². The van der Waals surface area contributed by atoms with Crippen LogP contribution in [-0.4, -0.2) is 32.1 Å². The molecule has 0 bridgehead atoms. The number of aromatic amines is 1. The summed E-state index contributed by atoms with van der Waals surface area (Å²) in [6.45, 7) is 3.89. The maximum atomic E-state index is 12.3. The molecular formula is C18H20N6O. The summed E-state index contributed by atoms with van der Waals surface area (Å²) in [5.41, 5.74) is 3.23. The van der Waals surface area contributed by atoms with Crippen LogP contribution >= 0.6 is 0 Å². The van der Waals surface area contributed by atoms with E-state index in [9.17, 15) is 4.79 Å². The summed E-state index contributed by atoms with van der Waals surface area (Å²) in [7, 11) is 0. The van der Waals surface area contributed by atoms with Crippen molar-refractivity contribution in [1.29, 1.82) is 0 Å². The van der Waals surface area contributed by atoms with Crippen LogP contribution in [0, 0.1) is 6.92 Å². The van der Waals surface area contributed by atoms with Gasteiger partial charge in [-0.25, -0.2) is 9.97 Å². The van der Waals surface area contributed by atoms with E-state index in [0.717, 1.165) is 17.1 Å². The predicted octanol–water partition coefficient (Wildman–Crippen LogP) is 2.61. The van der Waals surface area contributed by atoms with Gasteiger partial charge in [0.15, 0.2) is 0 Å². The summed E-state index contributed by atoms with van der Waals surface area (Å²) in [5, 5.41) is 13.1. The van der Waals surface area contributed by atoms with E-state index < -0.39 is 0 Å². The van der Waals surface area contributed by atoms with Crippen LogP contribution in [-0.2, 0) is 6.42 Å². The highest BCUT2D eigenvalue weighted by molar-refractivity contribution is 5.93. The van der Waals surface area contributed by atoms with E-state index in [1.807, 2.05) is 50.2 Å². The number of nitrogens with one attached hydrogen (secondary N) is 3. The second-order valence-electron chi connectivity index (χ2n) is 5.91. The van der Waals surface area contributed by atoms with Gasteiger partial charge in [0, 0.05) is 36.2 Å². The Morgan fingerprint density at radius 2 is 1.92 bits per heavy atom. The highest BCUT2D eigenvalue weighted by Crippen LogP contribution is 2.11. The standard InChI is InChI=1S/C18H20N6O/c1-12(8-16-9-13(2)23-24-16)21-17(25)14-10-19-18(20-11-14)22-15-6-4-3-5-7-15/h3-7,9-12H,8H2,1-2H3,(H,21,25)(H,23,24)(H,19,20,22)/t12-/m0/s1. The fraction of sp³-hybridized carbons (Fsp3) is 0.222. The molecule has 0 fully saturated rings. The lowest BCUT2D eigenvalue weighted by Gasteiger charge is -2.12. The average molecular weight is 336 g/mol. The van der Waals surface area contributed by atoms with Gasteiger partial charge in [0.25, 0.3) is 5.91 Å². The van der Waals surface area contributed by atoms with Crippen molar-refractivity contribution in [3.63, 3.8) is 0 Å². The third-order valence-electron chi connectivity index (χ3n) is 3.60. The van der Waals surface area contributed by atoms with Crippen LogP contribution in [0.4, 0.5) is 11.6 Å². The predicted molar refractivity (Wildman–Crippen MR) is 95.7 cm³/mol. The van der Waals surface area contributed by atoms with Crippen LogP contribution in [0.2, 0.25) is 0 Å². The van der Waals surface area contributed by atoms with Gasteiger partial charge in [-0.15, -0.1) is 0 Å². The van der Waals surface area contributed by atoms with Gasteiger partial charge in [0.2, 0.25) is 5.95 Å². The van der Waals surface area contributed by atoms with E-state index >= 15 is 0 Å². The number of nitrogens with zero attached hydrogens (tertiary/aromatic N) is 3. The summed E-state index contributed by atoms with van der Waals surface area (Å²) < 4.78 is 0. The molecule has 0 aliphatic carbocycles. The number of rotatable bonds is 6. The lowest BCUT2D eigenvalue weighted by Crippen LogP contribution is -2.34. The average Bonchev–Trinajstić information content (AvgIpc) is 3.01. The van der Waals surface area contributed by atoms with Crippen LogP contribution in [0.25, 0.3) is 0 Å². The minimum Gasteiger partial charge on any atom is -0.349 e. The highest BCUT2D eigenvalue weighted by Gasteiger charge is 2.12. The second kappa shape index (κ2) is 7.57. The Morgan fingerprint density at radius 3 is 2.56 bits per heavy atom. The van der Waals surface area contributed by atoms with Crippen molar-refractivity contribution < 1.29 is 4.79 Å². The minimum atomic E-state index is -0.203. The van der Waals surface area contributed by atoms with E-state index in [0.29, 0.717) is 17.9 Å².